The zero-order valence-electron chi connectivity index (χ0n) is 5.60. The molecule has 0 aliphatic heterocycles. The second kappa shape index (κ2) is 2.86. The molecule has 0 aliphatic rings. The summed E-state index contributed by atoms with van der Waals surface area (Å²) >= 11 is 0. The first-order valence-corrected chi connectivity index (χ1v) is 2.67. The van der Waals surface area contributed by atoms with Crippen LogP contribution in [0, 0.1) is 0 Å². The molecule has 0 unspecified atom stereocenters. The van der Waals surface area contributed by atoms with Crippen molar-refractivity contribution in [2.24, 2.45) is 17.0 Å². The first kappa shape index (κ1) is 6.60. The predicted molar refractivity (Wildman–Crippen MR) is 38.7 cm³/mol. The molecule has 0 saturated heterocycles. The van der Waals surface area contributed by atoms with Gasteiger partial charge < -0.3 is 0 Å². The fraction of sp³-hybridized carbons (Fsp3) is 0.200. The van der Waals surface area contributed by atoms with Crippen molar-refractivity contribution in [2.45, 2.75) is 0 Å². The van der Waals surface area contributed by atoms with Crippen LogP contribution >= 0.6 is 0 Å². The lowest BCUT2D eigenvalue weighted by Gasteiger charge is -1.87. The Hall–Kier alpha value is -1.52. The molecule has 0 fully saturated rings. The number of hydrogen-bond acceptors (Lipinski definition) is 3. The molecule has 1 aromatic rings. The van der Waals surface area contributed by atoms with Crippen molar-refractivity contribution in [3.05, 3.63) is 6.33 Å². The van der Waals surface area contributed by atoms with E-state index in [2.05, 4.69) is 26.8 Å². The normalized spacial score (nSPS) is 10.5. The molecule has 1 rings (SSSR count). The van der Waals surface area contributed by atoms with E-state index in [9.17, 15) is 0 Å². The van der Waals surface area contributed by atoms with Gasteiger partial charge in [-0.15, -0.1) is 0 Å². The summed E-state index contributed by atoms with van der Waals surface area (Å²) in [5, 5.41) is 3.80. The van der Waals surface area contributed by atoms with Crippen molar-refractivity contribution in [2.75, 3.05) is 0 Å². The van der Waals surface area contributed by atoms with Crippen molar-refractivity contribution >= 4 is 19.0 Å². The number of nitrogens with zero attached hydrogens (tertiary/aromatic N) is 5. The lowest BCUT2D eigenvalue weighted by atomic mass is 11.0. The van der Waals surface area contributed by atoms with Gasteiger partial charge in [-0.05, 0) is 6.72 Å². The Kier molecular flexibility index (Phi) is 1.89. The van der Waals surface area contributed by atoms with E-state index in [0.29, 0.717) is 5.95 Å². The summed E-state index contributed by atoms with van der Waals surface area (Å²) in [7, 11) is 1.75. The third-order valence-corrected chi connectivity index (χ3v) is 0.942. The van der Waals surface area contributed by atoms with Crippen LogP contribution in [0.4, 0.5) is 5.95 Å². The van der Waals surface area contributed by atoms with Gasteiger partial charge in [0.25, 0.3) is 0 Å². The van der Waals surface area contributed by atoms with Crippen LogP contribution in [0.3, 0.4) is 0 Å². The average molecular weight is 137 g/mol. The molecule has 0 aromatic carbocycles. The first-order chi connectivity index (χ1) is 4.84. The standard InChI is InChI=1S/C5H7N5/c1-6-3-7-5-8-4-9-10(5)2/h3-4H,1H2,2H3/b7-3-. The Morgan fingerprint density at radius 1 is 1.80 bits per heavy atom. The van der Waals surface area contributed by atoms with Gasteiger partial charge >= 0.3 is 0 Å². The zero-order valence-corrected chi connectivity index (χ0v) is 5.60. The van der Waals surface area contributed by atoms with Crippen molar-refractivity contribution in [1.29, 1.82) is 0 Å². The maximum absolute atomic E-state index is 3.82. The molecule has 5 nitrogen and oxygen atoms in total. The number of aryl methyl sites for hydroxylation is 1. The van der Waals surface area contributed by atoms with Crippen LogP contribution in [0.25, 0.3) is 0 Å². The second-order valence-corrected chi connectivity index (χ2v) is 1.61. The van der Waals surface area contributed by atoms with Crippen LogP contribution in [-0.4, -0.2) is 27.8 Å². The van der Waals surface area contributed by atoms with Gasteiger partial charge in [-0.3, -0.25) is 4.99 Å². The van der Waals surface area contributed by atoms with Crippen molar-refractivity contribution in [3.63, 3.8) is 0 Å². The summed E-state index contributed by atoms with van der Waals surface area (Å²) in [6.45, 7) is 3.23. The molecule has 1 heterocycles. The van der Waals surface area contributed by atoms with E-state index in [1.54, 1.807) is 11.7 Å². The van der Waals surface area contributed by atoms with Crippen molar-refractivity contribution in [1.82, 2.24) is 14.8 Å². The SMILES string of the molecule is C=N/C=N\c1ncnn1C. The molecule has 0 bridgehead atoms. The molecule has 0 amide bonds. The van der Waals surface area contributed by atoms with Crippen LogP contribution in [-0.2, 0) is 7.05 Å². The zero-order chi connectivity index (χ0) is 7.40. The van der Waals surface area contributed by atoms with Gasteiger partial charge in [0.2, 0.25) is 5.95 Å². The first-order valence-electron chi connectivity index (χ1n) is 2.67. The summed E-state index contributed by atoms with van der Waals surface area (Å²) in [5.41, 5.74) is 0. The number of rotatable bonds is 2. The van der Waals surface area contributed by atoms with E-state index in [1.165, 1.54) is 12.7 Å². The molecule has 5 heteroatoms. The van der Waals surface area contributed by atoms with Gasteiger partial charge in [-0.2, -0.15) is 15.1 Å². The molecule has 0 aliphatic carbocycles. The summed E-state index contributed by atoms with van der Waals surface area (Å²) < 4.78 is 1.54. The van der Waals surface area contributed by atoms with Gasteiger partial charge in [0, 0.05) is 7.05 Å². The number of aliphatic imine (C=N–C) groups is 2. The molecule has 1 aromatic heterocycles. The second-order valence-electron chi connectivity index (χ2n) is 1.61. The fourth-order valence-corrected chi connectivity index (χ4v) is 0.499. The molecule has 52 valence electrons. The topological polar surface area (TPSA) is 55.4 Å². The summed E-state index contributed by atoms with van der Waals surface area (Å²) in [5.74, 6) is 0.521. The van der Waals surface area contributed by atoms with Crippen LogP contribution in [0.15, 0.2) is 16.3 Å². The highest BCUT2D eigenvalue weighted by atomic mass is 15.4. The molecule has 0 atom stereocenters. The maximum atomic E-state index is 3.82. The minimum absolute atomic E-state index is 0.521. The third-order valence-electron chi connectivity index (χ3n) is 0.942. The van der Waals surface area contributed by atoms with E-state index < -0.39 is 0 Å². The maximum Gasteiger partial charge on any atom is 0.248 e. The lowest BCUT2D eigenvalue weighted by Crippen LogP contribution is -1.88. The third kappa shape index (κ3) is 1.25. The highest BCUT2D eigenvalue weighted by molar-refractivity contribution is 5.64. The molecular weight excluding hydrogens is 130 g/mol. The lowest BCUT2D eigenvalue weighted by molar-refractivity contribution is 0.769. The Morgan fingerprint density at radius 2 is 2.60 bits per heavy atom. The van der Waals surface area contributed by atoms with Gasteiger partial charge in [-0.1, -0.05) is 0 Å². The monoisotopic (exact) mass is 137 g/mol. The molecule has 0 spiro atoms. The quantitative estimate of drug-likeness (QED) is 0.431. The Balaban J connectivity index is 2.83. The van der Waals surface area contributed by atoms with Crippen molar-refractivity contribution in [3.8, 4) is 0 Å². The Labute approximate surface area is 58.1 Å². The highest BCUT2D eigenvalue weighted by Gasteiger charge is 1.92. The Morgan fingerprint density at radius 3 is 3.10 bits per heavy atom. The predicted octanol–water partition coefficient (Wildman–Crippen LogP) is 0.175. The van der Waals surface area contributed by atoms with E-state index >= 15 is 0 Å². The van der Waals surface area contributed by atoms with E-state index in [-0.39, 0.29) is 0 Å². The number of hydrogen-bond donors (Lipinski definition) is 0. The van der Waals surface area contributed by atoms with Gasteiger partial charge in [0.1, 0.15) is 12.7 Å². The van der Waals surface area contributed by atoms with E-state index in [1.807, 2.05) is 0 Å². The van der Waals surface area contributed by atoms with Crippen LogP contribution in [0.5, 0.6) is 0 Å². The summed E-state index contributed by atoms with van der Waals surface area (Å²) in [4.78, 5) is 11.1. The molecule has 0 N–H and O–H groups in total. The summed E-state index contributed by atoms with van der Waals surface area (Å²) in [6.07, 6.45) is 2.75. The van der Waals surface area contributed by atoms with E-state index in [4.69, 9.17) is 0 Å². The van der Waals surface area contributed by atoms with E-state index in [0.717, 1.165) is 0 Å². The fourth-order valence-electron chi connectivity index (χ4n) is 0.499. The number of aromatic nitrogens is 3. The summed E-state index contributed by atoms with van der Waals surface area (Å²) in [6, 6.07) is 0. The van der Waals surface area contributed by atoms with Gasteiger partial charge in [0.05, 0.1) is 0 Å². The highest BCUT2D eigenvalue weighted by Crippen LogP contribution is 2.00. The molecule has 10 heavy (non-hydrogen) atoms. The van der Waals surface area contributed by atoms with Crippen LogP contribution < -0.4 is 0 Å². The largest absolute Gasteiger partial charge is 0.253 e. The molecular formula is C5H7N5. The average Bonchev–Trinajstić information content (AvgIpc) is 2.31. The molecule has 0 radical (unpaired) electrons. The minimum atomic E-state index is 0.521. The molecule has 0 saturated carbocycles. The van der Waals surface area contributed by atoms with Gasteiger partial charge in [0.15, 0.2) is 0 Å². The van der Waals surface area contributed by atoms with Crippen LogP contribution in [0.2, 0.25) is 0 Å². The van der Waals surface area contributed by atoms with Crippen LogP contribution in [0.1, 0.15) is 0 Å². The smallest absolute Gasteiger partial charge is 0.248 e. The minimum Gasteiger partial charge on any atom is -0.253 e. The van der Waals surface area contributed by atoms with Crippen molar-refractivity contribution < 1.29 is 0 Å². The van der Waals surface area contributed by atoms with Gasteiger partial charge in [-0.25, -0.2) is 4.68 Å². The Bertz CT molecular complexity index is 248.